The number of carbonyl (C=O) groups is 1. The van der Waals surface area contributed by atoms with Gasteiger partial charge in [0, 0.05) is 46.8 Å². The minimum atomic E-state index is -0.581. The van der Waals surface area contributed by atoms with Gasteiger partial charge in [-0.2, -0.15) is 5.10 Å². The van der Waals surface area contributed by atoms with Gasteiger partial charge in [-0.15, -0.1) is 0 Å². The molecule has 1 amide bonds. The zero-order valence-corrected chi connectivity index (χ0v) is 16.1. The van der Waals surface area contributed by atoms with Gasteiger partial charge in [-0.3, -0.25) is 25.0 Å². The first-order valence-corrected chi connectivity index (χ1v) is 8.79. The smallest absolute Gasteiger partial charge is 0.271 e. The molecule has 1 N–H and O–H groups in total. The molecule has 0 bridgehead atoms. The van der Waals surface area contributed by atoms with E-state index in [-0.39, 0.29) is 16.9 Å². The van der Waals surface area contributed by atoms with E-state index in [9.17, 15) is 25.0 Å². The number of benzene rings is 2. The Bertz CT molecular complexity index is 1180. The van der Waals surface area contributed by atoms with Crippen LogP contribution in [0.15, 0.2) is 59.7 Å². The fraction of sp³-hybridized carbons (Fsp3) is 0.100. The molecule has 2 aromatic carbocycles. The highest BCUT2D eigenvalue weighted by atomic mass is 16.6. The van der Waals surface area contributed by atoms with E-state index in [1.54, 1.807) is 12.1 Å². The first-order chi connectivity index (χ1) is 14.3. The van der Waals surface area contributed by atoms with Crippen LogP contribution >= 0.6 is 0 Å². The molecular weight excluding hydrogens is 390 g/mol. The Balaban J connectivity index is 1.80. The van der Waals surface area contributed by atoms with Crippen molar-refractivity contribution in [2.24, 2.45) is 5.10 Å². The van der Waals surface area contributed by atoms with Gasteiger partial charge >= 0.3 is 0 Å². The molecule has 0 unspecified atom stereocenters. The van der Waals surface area contributed by atoms with Crippen LogP contribution in [-0.2, 0) is 0 Å². The lowest BCUT2D eigenvalue weighted by Crippen LogP contribution is -2.17. The van der Waals surface area contributed by atoms with Gasteiger partial charge in [0.05, 0.1) is 21.7 Å². The summed E-state index contributed by atoms with van der Waals surface area (Å²) in [6, 6.07) is 13.4. The number of nitro benzene ring substituents is 2. The Morgan fingerprint density at radius 1 is 1.00 bits per heavy atom. The second kappa shape index (κ2) is 8.35. The minimum absolute atomic E-state index is 0.0144. The number of nitrogens with zero attached hydrogens (tertiary/aromatic N) is 4. The summed E-state index contributed by atoms with van der Waals surface area (Å²) in [5.41, 5.74) is 5.21. The summed E-state index contributed by atoms with van der Waals surface area (Å²) >= 11 is 0. The third-order valence-corrected chi connectivity index (χ3v) is 4.46. The summed E-state index contributed by atoms with van der Waals surface area (Å²) in [6.45, 7) is 3.68. The summed E-state index contributed by atoms with van der Waals surface area (Å²) in [4.78, 5) is 33.0. The summed E-state index contributed by atoms with van der Waals surface area (Å²) in [7, 11) is 0. The maximum atomic E-state index is 12.2. The average molecular weight is 407 g/mol. The minimum Gasteiger partial charge on any atom is -0.318 e. The fourth-order valence-electron chi connectivity index (χ4n) is 3.05. The molecule has 30 heavy (non-hydrogen) atoms. The zero-order chi connectivity index (χ0) is 21.8. The Morgan fingerprint density at radius 2 is 1.63 bits per heavy atom. The van der Waals surface area contributed by atoms with Crippen molar-refractivity contribution in [2.45, 2.75) is 13.8 Å². The van der Waals surface area contributed by atoms with E-state index in [0.717, 1.165) is 11.4 Å². The lowest BCUT2D eigenvalue weighted by molar-refractivity contribution is -0.385. The molecular formula is C20H17N5O5. The molecule has 0 saturated carbocycles. The molecule has 0 aliphatic carbocycles. The van der Waals surface area contributed by atoms with Gasteiger partial charge in [0.2, 0.25) is 0 Å². The van der Waals surface area contributed by atoms with Crippen LogP contribution in [0, 0.1) is 34.1 Å². The summed E-state index contributed by atoms with van der Waals surface area (Å²) in [5, 5.41) is 25.8. The van der Waals surface area contributed by atoms with Crippen LogP contribution in [0.2, 0.25) is 0 Å². The topological polar surface area (TPSA) is 133 Å². The maximum Gasteiger partial charge on any atom is 0.271 e. The first-order valence-electron chi connectivity index (χ1n) is 8.79. The standard InChI is InChI=1S/C20H17N5O5/c1-13-9-16(14(2)23(13)17-6-4-8-19(11-17)25(29)30)12-21-22-20(26)15-5-3-7-18(10-15)24(27)28/h3-12H,1-2H3,(H,22,26)/b21-12+. The van der Waals surface area contributed by atoms with Crippen molar-refractivity contribution in [3.8, 4) is 5.69 Å². The molecule has 0 radical (unpaired) electrons. The molecule has 3 rings (SSSR count). The number of hydrazone groups is 1. The maximum absolute atomic E-state index is 12.2. The van der Waals surface area contributed by atoms with Crippen LogP contribution < -0.4 is 5.43 Å². The lowest BCUT2D eigenvalue weighted by Gasteiger charge is -2.09. The fourth-order valence-corrected chi connectivity index (χ4v) is 3.05. The Labute approximate surface area is 170 Å². The molecule has 0 saturated heterocycles. The quantitative estimate of drug-likeness (QED) is 0.378. The van der Waals surface area contributed by atoms with Crippen molar-refractivity contribution in [3.05, 3.63) is 97.3 Å². The number of nitro groups is 2. The number of nitrogens with one attached hydrogen (secondary N) is 1. The largest absolute Gasteiger partial charge is 0.318 e. The first kappa shape index (κ1) is 20.4. The van der Waals surface area contributed by atoms with Gasteiger partial charge in [-0.1, -0.05) is 12.1 Å². The van der Waals surface area contributed by atoms with E-state index < -0.39 is 15.8 Å². The van der Waals surface area contributed by atoms with Crippen LogP contribution in [0.25, 0.3) is 5.69 Å². The normalized spacial score (nSPS) is 10.9. The Hall–Kier alpha value is -4.34. The highest BCUT2D eigenvalue weighted by molar-refractivity contribution is 5.95. The van der Waals surface area contributed by atoms with Gasteiger partial charge in [0.1, 0.15) is 0 Å². The van der Waals surface area contributed by atoms with Crippen LogP contribution in [0.4, 0.5) is 11.4 Å². The van der Waals surface area contributed by atoms with E-state index in [4.69, 9.17) is 0 Å². The highest BCUT2D eigenvalue weighted by Crippen LogP contribution is 2.23. The van der Waals surface area contributed by atoms with Crippen LogP contribution in [0.3, 0.4) is 0 Å². The van der Waals surface area contributed by atoms with Crippen molar-refractivity contribution in [3.63, 3.8) is 0 Å². The van der Waals surface area contributed by atoms with E-state index in [1.807, 2.05) is 24.5 Å². The molecule has 1 heterocycles. The number of rotatable bonds is 6. The summed E-state index contributed by atoms with van der Waals surface area (Å²) in [6.07, 6.45) is 1.45. The van der Waals surface area contributed by atoms with E-state index in [2.05, 4.69) is 10.5 Å². The number of non-ortho nitro benzene ring substituents is 2. The highest BCUT2D eigenvalue weighted by Gasteiger charge is 2.13. The summed E-state index contributed by atoms with van der Waals surface area (Å²) in [5.74, 6) is -0.581. The molecule has 0 fully saturated rings. The third kappa shape index (κ3) is 4.22. The zero-order valence-electron chi connectivity index (χ0n) is 16.1. The molecule has 3 aromatic rings. The van der Waals surface area contributed by atoms with Crippen LogP contribution in [0.5, 0.6) is 0 Å². The lowest BCUT2D eigenvalue weighted by atomic mass is 10.2. The van der Waals surface area contributed by atoms with Gasteiger partial charge < -0.3 is 4.57 Å². The predicted molar refractivity (Wildman–Crippen MR) is 110 cm³/mol. The Morgan fingerprint density at radius 3 is 2.30 bits per heavy atom. The number of hydrogen-bond acceptors (Lipinski definition) is 6. The average Bonchev–Trinajstić information content (AvgIpc) is 3.01. The summed E-state index contributed by atoms with van der Waals surface area (Å²) < 4.78 is 1.84. The van der Waals surface area contributed by atoms with Gasteiger partial charge in [-0.25, -0.2) is 5.43 Å². The number of carbonyl (C=O) groups excluding carboxylic acids is 1. The molecule has 0 spiro atoms. The Kier molecular flexibility index (Phi) is 5.68. The number of aromatic nitrogens is 1. The van der Waals surface area contributed by atoms with Crippen molar-refractivity contribution in [1.29, 1.82) is 0 Å². The van der Waals surface area contributed by atoms with Crippen LogP contribution in [-0.4, -0.2) is 26.5 Å². The van der Waals surface area contributed by atoms with E-state index >= 15 is 0 Å². The molecule has 10 heteroatoms. The van der Waals surface area contributed by atoms with E-state index in [0.29, 0.717) is 11.3 Å². The molecule has 0 aliphatic heterocycles. The molecule has 10 nitrogen and oxygen atoms in total. The molecule has 1 aromatic heterocycles. The second-order valence-electron chi connectivity index (χ2n) is 6.45. The number of amides is 1. The molecule has 0 atom stereocenters. The van der Waals surface area contributed by atoms with Crippen molar-refractivity contribution < 1.29 is 14.6 Å². The van der Waals surface area contributed by atoms with Crippen molar-refractivity contribution in [1.82, 2.24) is 9.99 Å². The van der Waals surface area contributed by atoms with Gasteiger partial charge in [0.15, 0.2) is 0 Å². The SMILES string of the molecule is Cc1cc(/C=N/NC(=O)c2cccc([N+](=O)[O-])c2)c(C)n1-c1cccc([N+](=O)[O-])c1. The van der Waals surface area contributed by atoms with E-state index in [1.165, 1.54) is 42.6 Å². The van der Waals surface area contributed by atoms with Crippen molar-refractivity contribution >= 4 is 23.5 Å². The van der Waals surface area contributed by atoms with Gasteiger partial charge in [-0.05, 0) is 32.0 Å². The number of aryl methyl sites for hydroxylation is 1. The molecule has 0 aliphatic rings. The number of hydrogen-bond donors (Lipinski definition) is 1. The van der Waals surface area contributed by atoms with Crippen LogP contribution in [0.1, 0.15) is 27.3 Å². The van der Waals surface area contributed by atoms with Crippen molar-refractivity contribution in [2.75, 3.05) is 0 Å². The third-order valence-electron chi connectivity index (χ3n) is 4.46. The predicted octanol–water partition coefficient (Wildman–Crippen LogP) is 3.67. The molecule has 152 valence electrons. The van der Waals surface area contributed by atoms with Gasteiger partial charge in [0.25, 0.3) is 17.3 Å². The second-order valence-corrected chi connectivity index (χ2v) is 6.45. The monoisotopic (exact) mass is 407 g/mol.